The van der Waals surface area contributed by atoms with Gasteiger partial charge in [-0.1, -0.05) is 0 Å². The average molecular weight is 238 g/mol. The summed E-state index contributed by atoms with van der Waals surface area (Å²) in [5, 5.41) is 8.42. The van der Waals surface area contributed by atoms with E-state index in [9.17, 15) is 18.0 Å². The Balaban J connectivity index is 2.96. The van der Waals surface area contributed by atoms with Gasteiger partial charge in [0.1, 0.15) is 0 Å². The Morgan fingerprint density at radius 3 is 2.47 bits per heavy atom. The summed E-state index contributed by atoms with van der Waals surface area (Å²) in [5.74, 6) is -3.34. The standard InChI is InChI=1S/C9H9F3O2S/c1-5-2-3-7(15-5)6(4-8(13)14)9(10,11)12/h2-3,6H,4H2,1H3,(H,13,14)/t6-/m0/s1. The topological polar surface area (TPSA) is 37.3 Å². The Morgan fingerprint density at radius 2 is 2.13 bits per heavy atom. The summed E-state index contributed by atoms with van der Waals surface area (Å²) in [6, 6.07) is 2.89. The first-order chi connectivity index (χ1) is 6.80. The van der Waals surface area contributed by atoms with Crippen LogP contribution in [-0.2, 0) is 4.79 Å². The van der Waals surface area contributed by atoms with Crippen LogP contribution in [0.5, 0.6) is 0 Å². The number of carboxylic acids is 1. The summed E-state index contributed by atoms with van der Waals surface area (Å²) in [5.41, 5.74) is 0. The van der Waals surface area contributed by atoms with Gasteiger partial charge in [0.25, 0.3) is 0 Å². The fraction of sp³-hybridized carbons (Fsp3) is 0.444. The fourth-order valence-electron chi connectivity index (χ4n) is 1.19. The highest BCUT2D eigenvalue weighted by atomic mass is 32.1. The maximum Gasteiger partial charge on any atom is 0.397 e. The highest BCUT2D eigenvalue weighted by molar-refractivity contribution is 7.12. The molecule has 0 saturated heterocycles. The third kappa shape index (κ3) is 3.23. The molecule has 2 nitrogen and oxygen atoms in total. The summed E-state index contributed by atoms with van der Waals surface area (Å²) in [6.45, 7) is 1.68. The Morgan fingerprint density at radius 1 is 1.53 bits per heavy atom. The van der Waals surface area contributed by atoms with Gasteiger partial charge in [0.15, 0.2) is 0 Å². The molecule has 84 valence electrons. The molecule has 0 aliphatic rings. The smallest absolute Gasteiger partial charge is 0.397 e. The van der Waals surface area contributed by atoms with Gasteiger partial charge in [0.2, 0.25) is 0 Å². The van der Waals surface area contributed by atoms with Gasteiger partial charge in [-0.05, 0) is 19.1 Å². The number of aryl methyl sites for hydroxylation is 1. The number of thiophene rings is 1. The molecule has 0 radical (unpaired) electrons. The summed E-state index contributed by atoms with van der Waals surface area (Å²) in [6.07, 6.45) is -5.42. The maximum atomic E-state index is 12.5. The van der Waals surface area contributed by atoms with E-state index in [1.165, 1.54) is 6.07 Å². The molecule has 0 aliphatic heterocycles. The Bertz CT molecular complexity index is 356. The van der Waals surface area contributed by atoms with Gasteiger partial charge in [-0.15, -0.1) is 11.3 Å². The summed E-state index contributed by atoms with van der Waals surface area (Å²) >= 11 is 0.981. The van der Waals surface area contributed by atoms with Crippen LogP contribution in [0, 0.1) is 6.92 Å². The van der Waals surface area contributed by atoms with Crippen molar-refractivity contribution in [3.05, 3.63) is 21.9 Å². The first kappa shape index (κ1) is 12.0. The molecule has 1 atom stereocenters. The van der Waals surface area contributed by atoms with Crippen molar-refractivity contribution in [2.24, 2.45) is 0 Å². The molecular weight excluding hydrogens is 229 g/mol. The first-order valence-electron chi connectivity index (χ1n) is 4.15. The monoisotopic (exact) mass is 238 g/mol. The number of rotatable bonds is 3. The molecule has 0 amide bonds. The highest BCUT2D eigenvalue weighted by Gasteiger charge is 2.42. The van der Waals surface area contributed by atoms with Crippen LogP contribution < -0.4 is 0 Å². The summed E-state index contributed by atoms with van der Waals surface area (Å²) < 4.78 is 37.6. The number of hydrogen-bond acceptors (Lipinski definition) is 2. The zero-order chi connectivity index (χ0) is 11.6. The molecule has 0 aromatic carbocycles. The number of carboxylic acid groups (broad SMARTS) is 1. The molecular formula is C9H9F3O2S. The predicted octanol–water partition coefficient (Wildman–Crippen LogP) is 3.18. The number of aliphatic carboxylic acids is 1. The molecule has 15 heavy (non-hydrogen) atoms. The van der Waals surface area contributed by atoms with E-state index < -0.39 is 24.5 Å². The SMILES string of the molecule is Cc1ccc([C@H](CC(=O)O)C(F)(F)F)s1. The largest absolute Gasteiger partial charge is 0.481 e. The van der Waals surface area contributed by atoms with Crippen molar-refractivity contribution in [1.82, 2.24) is 0 Å². The third-order valence-corrected chi connectivity index (χ3v) is 2.99. The Labute approximate surface area is 88.3 Å². The number of alkyl halides is 3. The second-order valence-electron chi connectivity index (χ2n) is 3.14. The van der Waals surface area contributed by atoms with Gasteiger partial charge in [-0.2, -0.15) is 13.2 Å². The number of halogens is 3. The van der Waals surface area contributed by atoms with Crippen molar-refractivity contribution in [2.75, 3.05) is 0 Å². The minimum Gasteiger partial charge on any atom is -0.481 e. The lowest BCUT2D eigenvalue weighted by molar-refractivity contribution is -0.162. The molecule has 0 fully saturated rings. The van der Waals surface area contributed by atoms with Crippen molar-refractivity contribution in [3.8, 4) is 0 Å². The van der Waals surface area contributed by atoms with Crippen LogP contribution in [0.25, 0.3) is 0 Å². The van der Waals surface area contributed by atoms with Gasteiger partial charge in [0, 0.05) is 9.75 Å². The summed E-state index contributed by atoms with van der Waals surface area (Å²) in [4.78, 5) is 11.1. The molecule has 0 spiro atoms. The van der Waals surface area contributed by atoms with Crippen LogP contribution in [0.2, 0.25) is 0 Å². The van der Waals surface area contributed by atoms with E-state index in [0.717, 1.165) is 16.2 Å². The number of carbonyl (C=O) groups is 1. The minimum absolute atomic E-state index is 0.0578. The molecule has 1 aromatic rings. The quantitative estimate of drug-likeness (QED) is 0.878. The lowest BCUT2D eigenvalue weighted by Crippen LogP contribution is -2.22. The van der Waals surface area contributed by atoms with Crippen molar-refractivity contribution in [1.29, 1.82) is 0 Å². The van der Waals surface area contributed by atoms with E-state index in [2.05, 4.69) is 0 Å². The first-order valence-corrected chi connectivity index (χ1v) is 4.97. The predicted molar refractivity (Wildman–Crippen MR) is 50.1 cm³/mol. The number of hydrogen-bond donors (Lipinski definition) is 1. The molecule has 0 aliphatic carbocycles. The minimum atomic E-state index is -4.50. The van der Waals surface area contributed by atoms with Gasteiger partial charge >= 0.3 is 12.1 Å². The molecule has 1 aromatic heterocycles. The van der Waals surface area contributed by atoms with Crippen LogP contribution >= 0.6 is 11.3 Å². The van der Waals surface area contributed by atoms with Crippen molar-refractivity contribution < 1.29 is 23.1 Å². The van der Waals surface area contributed by atoms with E-state index >= 15 is 0 Å². The zero-order valence-corrected chi connectivity index (χ0v) is 8.65. The van der Waals surface area contributed by atoms with Crippen molar-refractivity contribution in [3.63, 3.8) is 0 Å². The van der Waals surface area contributed by atoms with Crippen LogP contribution in [-0.4, -0.2) is 17.3 Å². The van der Waals surface area contributed by atoms with E-state index in [0.29, 0.717) is 0 Å². The van der Waals surface area contributed by atoms with E-state index in [1.54, 1.807) is 13.0 Å². The highest BCUT2D eigenvalue weighted by Crippen LogP contribution is 2.40. The van der Waals surface area contributed by atoms with E-state index in [-0.39, 0.29) is 4.88 Å². The van der Waals surface area contributed by atoms with Gasteiger partial charge in [-0.25, -0.2) is 0 Å². The molecule has 6 heteroatoms. The second-order valence-corrected chi connectivity index (χ2v) is 4.46. The maximum absolute atomic E-state index is 12.5. The third-order valence-electron chi connectivity index (χ3n) is 1.88. The molecule has 0 bridgehead atoms. The van der Waals surface area contributed by atoms with E-state index in [1.807, 2.05) is 0 Å². The zero-order valence-electron chi connectivity index (χ0n) is 7.84. The second kappa shape index (κ2) is 4.22. The van der Waals surface area contributed by atoms with Crippen molar-refractivity contribution in [2.45, 2.75) is 25.4 Å². The Hall–Kier alpha value is -1.04. The van der Waals surface area contributed by atoms with Gasteiger partial charge in [0.05, 0.1) is 12.3 Å². The average Bonchev–Trinajstić information content (AvgIpc) is 2.45. The van der Waals surface area contributed by atoms with Crippen molar-refractivity contribution >= 4 is 17.3 Å². The van der Waals surface area contributed by atoms with Crippen LogP contribution in [0.15, 0.2) is 12.1 Å². The normalized spacial score (nSPS) is 13.9. The summed E-state index contributed by atoms with van der Waals surface area (Å²) in [7, 11) is 0. The van der Waals surface area contributed by atoms with Crippen LogP contribution in [0.4, 0.5) is 13.2 Å². The fourth-order valence-corrected chi connectivity index (χ4v) is 2.20. The molecule has 1 N–H and O–H groups in total. The van der Waals surface area contributed by atoms with E-state index in [4.69, 9.17) is 5.11 Å². The molecule has 0 unspecified atom stereocenters. The lowest BCUT2D eigenvalue weighted by atomic mass is 10.0. The molecule has 1 heterocycles. The lowest BCUT2D eigenvalue weighted by Gasteiger charge is -2.16. The van der Waals surface area contributed by atoms with Crippen LogP contribution in [0.3, 0.4) is 0 Å². The van der Waals surface area contributed by atoms with Gasteiger partial charge in [-0.3, -0.25) is 4.79 Å². The van der Waals surface area contributed by atoms with Gasteiger partial charge < -0.3 is 5.11 Å². The molecule has 1 rings (SSSR count). The Kier molecular flexibility index (Phi) is 3.38. The molecule has 0 saturated carbocycles. The van der Waals surface area contributed by atoms with Crippen LogP contribution in [0.1, 0.15) is 22.1 Å².